The zero-order chi connectivity index (χ0) is 30.3. The SMILES string of the molecule is CC(=O)O[C@@H](C)/C=C\C(=O)N[C@@H]1C[C@H](C)[C@H](C/C=C(C)/C=C/[C@H]2O[C@H](NC(=O)N=C(N)N)C[C@@]3(CO3)C2C)O[C@@H]1C. The Morgan fingerprint density at radius 1 is 1.12 bits per heavy atom. The zero-order valence-corrected chi connectivity index (χ0v) is 24.8. The van der Waals surface area contributed by atoms with Crippen molar-refractivity contribution in [1.82, 2.24) is 10.6 Å². The predicted molar refractivity (Wildman–Crippen MR) is 153 cm³/mol. The molecule has 0 aromatic carbocycles. The minimum Gasteiger partial charge on any atom is -0.459 e. The third-order valence-electron chi connectivity index (χ3n) is 7.84. The Bertz CT molecular complexity index is 1080. The van der Waals surface area contributed by atoms with E-state index in [2.05, 4.69) is 35.5 Å². The summed E-state index contributed by atoms with van der Waals surface area (Å²) in [5.74, 6) is -0.610. The number of carbonyl (C=O) groups excluding carboxylic acids is 3. The molecular formula is C29H45N5O7. The molecule has 3 rings (SSSR count). The summed E-state index contributed by atoms with van der Waals surface area (Å²) >= 11 is 0. The minimum absolute atomic E-state index is 0.0177. The topological polar surface area (TPSA) is 180 Å². The molecule has 3 amide bonds. The van der Waals surface area contributed by atoms with E-state index in [-0.39, 0.29) is 53.7 Å². The van der Waals surface area contributed by atoms with Gasteiger partial charge in [-0.2, -0.15) is 4.99 Å². The first-order valence-corrected chi connectivity index (χ1v) is 14.1. The Kier molecular flexibility index (Phi) is 11.1. The summed E-state index contributed by atoms with van der Waals surface area (Å²) in [5, 5.41) is 5.70. The van der Waals surface area contributed by atoms with Gasteiger partial charge in [0.2, 0.25) is 5.91 Å². The summed E-state index contributed by atoms with van der Waals surface area (Å²) in [6, 6.07) is -0.767. The smallest absolute Gasteiger partial charge is 0.346 e. The average molecular weight is 576 g/mol. The van der Waals surface area contributed by atoms with Crippen molar-refractivity contribution in [3.05, 3.63) is 36.0 Å². The number of nitrogens with zero attached hydrogens (tertiary/aromatic N) is 1. The number of ether oxygens (including phenoxy) is 4. The number of nitrogens with one attached hydrogen (secondary N) is 2. The van der Waals surface area contributed by atoms with Crippen molar-refractivity contribution in [2.75, 3.05) is 6.61 Å². The van der Waals surface area contributed by atoms with Crippen molar-refractivity contribution in [1.29, 1.82) is 0 Å². The van der Waals surface area contributed by atoms with E-state index in [0.717, 1.165) is 18.4 Å². The van der Waals surface area contributed by atoms with Crippen molar-refractivity contribution in [2.45, 2.75) is 103 Å². The van der Waals surface area contributed by atoms with Crippen LogP contribution in [0.1, 0.15) is 60.8 Å². The van der Waals surface area contributed by atoms with Gasteiger partial charge in [-0.05, 0) is 45.6 Å². The molecule has 0 bridgehead atoms. The number of allylic oxidation sites excluding steroid dienone is 2. The molecule has 3 saturated heterocycles. The number of rotatable bonds is 9. The fourth-order valence-corrected chi connectivity index (χ4v) is 5.30. The summed E-state index contributed by atoms with van der Waals surface area (Å²) < 4.78 is 23.2. The average Bonchev–Trinajstić information content (AvgIpc) is 3.64. The van der Waals surface area contributed by atoms with Crippen molar-refractivity contribution >= 4 is 23.9 Å². The van der Waals surface area contributed by atoms with Gasteiger partial charge in [-0.15, -0.1) is 0 Å². The van der Waals surface area contributed by atoms with Gasteiger partial charge in [0, 0.05) is 25.3 Å². The van der Waals surface area contributed by atoms with E-state index in [1.807, 2.05) is 26.0 Å². The number of hydrogen-bond acceptors (Lipinski definition) is 7. The van der Waals surface area contributed by atoms with Crippen LogP contribution in [-0.2, 0) is 28.5 Å². The molecule has 1 spiro atoms. The highest BCUT2D eigenvalue weighted by Gasteiger charge is 2.56. The van der Waals surface area contributed by atoms with Crippen LogP contribution in [0.25, 0.3) is 0 Å². The molecule has 6 N–H and O–H groups in total. The molecule has 0 aromatic rings. The molecule has 3 fully saturated rings. The maximum Gasteiger partial charge on any atom is 0.346 e. The molecule has 9 atom stereocenters. The minimum atomic E-state index is -0.651. The molecule has 3 aliphatic rings. The van der Waals surface area contributed by atoms with Crippen molar-refractivity contribution < 1.29 is 33.3 Å². The third-order valence-corrected chi connectivity index (χ3v) is 7.84. The maximum atomic E-state index is 12.4. The number of carbonyl (C=O) groups is 3. The first-order chi connectivity index (χ1) is 19.3. The Morgan fingerprint density at radius 2 is 1.83 bits per heavy atom. The number of epoxide rings is 1. The second-order valence-corrected chi connectivity index (χ2v) is 11.3. The van der Waals surface area contributed by atoms with E-state index in [4.69, 9.17) is 30.4 Å². The normalized spacial score (nSPS) is 34.3. The molecule has 12 heteroatoms. The van der Waals surface area contributed by atoms with Crippen LogP contribution in [0.5, 0.6) is 0 Å². The van der Waals surface area contributed by atoms with Gasteiger partial charge in [0.05, 0.1) is 31.0 Å². The largest absolute Gasteiger partial charge is 0.459 e. The number of amides is 3. The molecule has 0 aromatic heterocycles. The van der Waals surface area contributed by atoms with Crippen LogP contribution < -0.4 is 22.1 Å². The summed E-state index contributed by atoms with van der Waals surface area (Å²) in [5.41, 5.74) is 11.3. The van der Waals surface area contributed by atoms with Gasteiger partial charge < -0.3 is 41.0 Å². The highest BCUT2D eigenvalue weighted by Crippen LogP contribution is 2.46. The molecule has 0 saturated carbocycles. The van der Waals surface area contributed by atoms with Crippen molar-refractivity contribution in [3.63, 3.8) is 0 Å². The highest BCUT2D eigenvalue weighted by molar-refractivity contribution is 5.90. The molecule has 228 valence electrons. The van der Waals surface area contributed by atoms with E-state index in [9.17, 15) is 14.4 Å². The molecule has 12 nitrogen and oxygen atoms in total. The Labute approximate surface area is 241 Å². The van der Waals surface area contributed by atoms with Crippen LogP contribution in [0.4, 0.5) is 4.79 Å². The Morgan fingerprint density at radius 3 is 2.46 bits per heavy atom. The zero-order valence-electron chi connectivity index (χ0n) is 24.8. The lowest BCUT2D eigenvalue weighted by Gasteiger charge is -2.39. The molecule has 41 heavy (non-hydrogen) atoms. The molecular weight excluding hydrogens is 530 g/mol. The fourth-order valence-electron chi connectivity index (χ4n) is 5.30. The van der Waals surface area contributed by atoms with Crippen LogP contribution in [0.2, 0.25) is 0 Å². The Hall–Kier alpha value is -3.22. The molecule has 3 aliphatic heterocycles. The monoisotopic (exact) mass is 575 g/mol. The highest BCUT2D eigenvalue weighted by atomic mass is 16.6. The summed E-state index contributed by atoms with van der Waals surface area (Å²) in [4.78, 5) is 38.9. The molecule has 0 radical (unpaired) electrons. The van der Waals surface area contributed by atoms with E-state index in [1.165, 1.54) is 13.0 Å². The number of urea groups is 1. The third kappa shape index (κ3) is 9.68. The molecule has 0 aliphatic carbocycles. The summed E-state index contributed by atoms with van der Waals surface area (Å²) in [7, 11) is 0. The van der Waals surface area contributed by atoms with E-state index in [1.54, 1.807) is 13.0 Å². The van der Waals surface area contributed by atoms with Crippen LogP contribution in [0.3, 0.4) is 0 Å². The quantitative estimate of drug-likeness (QED) is 0.0800. The van der Waals surface area contributed by atoms with E-state index >= 15 is 0 Å². The van der Waals surface area contributed by atoms with E-state index in [0.29, 0.717) is 13.0 Å². The summed E-state index contributed by atoms with van der Waals surface area (Å²) in [6.45, 7) is 11.8. The first kappa shape index (κ1) is 32.3. The lowest BCUT2D eigenvalue weighted by atomic mass is 9.83. The van der Waals surface area contributed by atoms with Gasteiger partial charge in [-0.1, -0.05) is 37.6 Å². The maximum absolute atomic E-state index is 12.4. The van der Waals surface area contributed by atoms with Crippen LogP contribution in [-0.4, -0.2) is 72.8 Å². The van der Waals surface area contributed by atoms with Crippen LogP contribution in [0, 0.1) is 11.8 Å². The van der Waals surface area contributed by atoms with Gasteiger partial charge in [-0.25, -0.2) is 4.79 Å². The van der Waals surface area contributed by atoms with Crippen LogP contribution in [0.15, 0.2) is 40.9 Å². The van der Waals surface area contributed by atoms with Gasteiger partial charge in [0.15, 0.2) is 5.96 Å². The number of aliphatic imine (C=N–C) groups is 1. The van der Waals surface area contributed by atoms with Gasteiger partial charge in [0.25, 0.3) is 0 Å². The second-order valence-electron chi connectivity index (χ2n) is 11.3. The van der Waals surface area contributed by atoms with Gasteiger partial charge in [-0.3, -0.25) is 9.59 Å². The van der Waals surface area contributed by atoms with Gasteiger partial charge >= 0.3 is 12.0 Å². The predicted octanol–water partition coefficient (Wildman–Crippen LogP) is 2.19. The van der Waals surface area contributed by atoms with Crippen LogP contribution >= 0.6 is 0 Å². The van der Waals surface area contributed by atoms with Crippen molar-refractivity contribution in [2.24, 2.45) is 28.3 Å². The lowest BCUT2D eigenvalue weighted by Crippen LogP contribution is -2.51. The van der Waals surface area contributed by atoms with Gasteiger partial charge in [0.1, 0.15) is 17.9 Å². The number of nitrogens with two attached hydrogens (primary N) is 2. The Balaban J connectivity index is 1.51. The second kappa shape index (κ2) is 14.1. The number of hydrogen-bond donors (Lipinski definition) is 4. The number of esters is 1. The standard InChI is InChI=1S/C29H45N5O7/c1-16(8-11-24-19(4)29(15-38-29)14-26(41-24)33-28(37)34-27(30)31)7-10-23-17(2)13-22(20(5)40-23)32-25(36)12-9-18(3)39-21(6)35/h7-9,11-12,17-20,22-24,26H,10,13-15H2,1-6H3,(H,32,36)(H5,30,31,33,34,37)/b11-8+,12-9-,16-7+/t17-,18-,19?,20+,22+,23-,24+,26-,29+/m0/s1. The fraction of sp³-hybridized carbons (Fsp3) is 0.655. The molecule has 1 unspecified atom stereocenters. The van der Waals surface area contributed by atoms with Crippen molar-refractivity contribution in [3.8, 4) is 0 Å². The summed E-state index contributed by atoms with van der Waals surface area (Å²) in [6.07, 6.45) is 9.70. The molecule has 3 heterocycles. The lowest BCUT2D eigenvalue weighted by molar-refractivity contribution is -0.143. The first-order valence-electron chi connectivity index (χ1n) is 14.1. The van der Waals surface area contributed by atoms with E-state index < -0.39 is 24.3 Å². The number of guanidine groups is 1.